The standard InChI is InChI=1S/C8H3Br2FN2O/c9-4-1-2-6(11)5(3-4)7-12-8(10)13-14-7/h1-3H. The summed E-state index contributed by atoms with van der Waals surface area (Å²) in [5, 5.41) is 3.51. The summed E-state index contributed by atoms with van der Waals surface area (Å²) in [6, 6.07) is 4.51. The van der Waals surface area contributed by atoms with E-state index in [2.05, 4.69) is 42.0 Å². The fraction of sp³-hybridized carbons (Fsp3) is 0. The summed E-state index contributed by atoms with van der Waals surface area (Å²) in [6.07, 6.45) is 0. The van der Waals surface area contributed by atoms with Crippen molar-refractivity contribution in [2.24, 2.45) is 0 Å². The zero-order valence-electron chi connectivity index (χ0n) is 6.67. The third kappa shape index (κ3) is 1.85. The summed E-state index contributed by atoms with van der Waals surface area (Å²) < 4.78 is 19.2. The Bertz CT molecular complexity index is 472. The quantitative estimate of drug-likeness (QED) is 0.808. The molecule has 0 saturated carbocycles. The summed E-state index contributed by atoms with van der Waals surface area (Å²) in [5.74, 6) is -0.250. The highest BCUT2D eigenvalue weighted by Gasteiger charge is 2.12. The van der Waals surface area contributed by atoms with E-state index in [1.165, 1.54) is 6.07 Å². The van der Waals surface area contributed by atoms with Crippen LogP contribution in [0.1, 0.15) is 0 Å². The number of rotatable bonds is 1. The van der Waals surface area contributed by atoms with E-state index in [9.17, 15) is 4.39 Å². The smallest absolute Gasteiger partial charge is 0.261 e. The third-order valence-electron chi connectivity index (χ3n) is 1.56. The molecule has 1 aromatic carbocycles. The molecule has 1 aromatic heterocycles. The molecule has 0 N–H and O–H groups in total. The van der Waals surface area contributed by atoms with E-state index in [1.807, 2.05) is 0 Å². The van der Waals surface area contributed by atoms with Crippen molar-refractivity contribution < 1.29 is 8.91 Å². The minimum atomic E-state index is -0.399. The Hall–Kier alpha value is -0.750. The molecule has 2 aromatic rings. The minimum absolute atomic E-state index is 0.149. The fourth-order valence-electron chi connectivity index (χ4n) is 0.976. The van der Waals surface area contributed by atoms with Crippen molar-refractivity contribution in [1.29, 1.82) is 0 Å². The lowest BCUT2D eigenvalue weighted by molar-refractivity contribution is 0.424. The summed E-state index contributed by atoms with van der Waals surface area (Å²) >= 11 is 6.25. The van der Waals surface area contributed by atoms with Crippen molar-refractivity contribution in [3.05, 3.63) is 33.2 Å². The lowest BCUT2D eigenvalue weighted by Crippen LogP contribution is -1.83. The molecule has 6 heteroatoms. The van der Waals surface area contributed by atoms with Gasteiger partial charge in [0.15, 0.2) is 0 Å². The van der Waals surface area contributed by atoms with Crippen molar-refractivity contribution in [1.82, 2.24) is 10.1 Å². The molecule has 0 unspecified atom stereocenters. The van der Waals surface area contributed by atoms with Gasteiger partial charge in [-0.2, -0.15) is 4.98 Å². The lowest BCUT2D eigenvalue weighted by Gasteiger charge is -1.97. The van der Waals surface area contributed by atoms with Crippen LogP contribution in [0.3, 0.4) is 0 Å². The molecule has 0 aliphatic heterocycles. The number of aromatic nitrogens is 2. The highest BCUT2D eigenvalue weighted by Crippen LogP contribution is 2.25. The van der Waals surface area contributed by atoms with E-state index in [0.717, 1.165) is 4.47 Å². The van der Waals surface area contributed by atoms with Crippen molar-refractivity contribution in [3.8, 4) is 11.5 Å². The van der Waals surface area contributed by atoms with Gasteiger partial charge in [-0.05, 0) is 39.3 Å². The number of nitrogens with zero attached hydrogens (tertiary/aromatic N) is 2. The first-order valence-corrected chi connectivity index (χ1v) is 5.20. The lowest BCUT2D eigenvalue weighted by atomic mass is 10.2. The first-order chi connectivity index (χ1) is 6.66. The maximum atomic E-state index is 13.3. The fourth-order valence-corrected chi connectivity index (χ4v) is 1.57. The molecule has 0 aliphatic rings. The van der Waals surface area contributed by atoms with Crippen LogP contribution in [0.15, 0.2) is 31.9 Å². The SMILES string of the molecule is Fc1ccc(Br)cc1-c1nc(Br)no1. The monoisotopic (exact) mass is 320 g/mol. The predicted octanol–water partition coefficient (Wildman–Crippen LogP) is 3.40. The van der Waals surface area contributed by atoms with Gasteiger partial charge in [-0.25, -0.2) is 4.39 Å². The summed E-state index contributed by atoms with van der Waals surface area (Å²) in [5.41, 5.74) is 0.276. The van der Waals surface area contributed by atoms with Gasteiger partial charge in [-0.1, -0.05) is 15.9 Å². The van der Waals surface area contributed by atoms with Crippen LogP contribution >= 0.6 is 31.9 Å². The molecule has 0 fully saturated rings. The van der Waals surface area contributed by atoms with Gasteiger partial charge >= 0.3 is 0 Å². The molecular formula is C8H3Br2FN2O. The van der Waals surface area contributed by atoms with Crippen molar-refractivity contribution in [3.63, 3.8) is 0 Å². The Kier molecular flexibility index (Phi) is 2.64. The molecule has 3 nitrogen and oxygen atoms in total. The minimum Gasteiger partial charge on any atom is -0.333 e. The van der Waals surface area contributed by atoms with Gasteiger partial charge in [0.1, 0.15) is 5.82 Å². The molecular weight excluding hydrogens is 319 g/mol. The molecule has 2 rings (SSSR count). The molecule has 0 radical (unpaired) electrons. The molecule has 0 bridgehead atoms. The molecule has 0 spiro atoms. The predicted molar refractivity (Wildman–Crippen MR) is 55.1 cm³/mol. The van der Waals surface area contributed by atoms with E-state index in [1.54, 1.807) is 12.1 Å². The molecule has 0 aliphatic carbocycles. The van der Waals surface area contributed by atoms with Gasteiger partial charge in [0.2, 0.25) is 4.73 Å². The van der Waals surface area contributed by atoms with Crippen LogP contribution in [0.2, 0.25) is 0 Å². The van der Waals surface area contributed by atoms with Crippen LogP contribution in [-0.2, 0) is 0 Å². The van der Waals surface area contributed by atoms with E-state index in [0.29, 0.717) is 4.73 Å². The van der Waals surface area contributed by atoms with Gasteiger partial charge in [-0.3, -0.25) is 0 Å². The molecule has 1 heterocycles. The molecule has 14 heavy (non-hydrogen) atoms. The topological polar surface area (TPSA) is 38.9 Å². The highest BCUT2D eigenvalue weighted by molar-refractivity contribution is 9.10. The highest BCUT2D eigenvalue weighted by atomic mass is 79.9. The van der Waals surface area contributed by atoms with E-state index < -0.39 is 5.82 Å². The molecule has 0 atom stereocenters. The third-order valence-corrected chi connectivity index (χ3v) is 2.38. The van der Waals surface area contributed by atoms with Gasteiger partial charge in [0, 0.05) is 4.47 Å². The van der Waals surface area contributed by atoms with Crippen molar-refractivity contribution in [2.45, 2.75) is 0 Å². The molecule has 0 amide bonds. The van der Waals surface area contributed by atoms with E-state index in [4.69, 9.17) is 4.52 Å². The second kappa shape index (κ2) is 3.78. The zero-order chi connectivity index (χ0) is 10.1. The van der Waals surface area contributed by atoms with Gasteiger partial charge < -0.3 is 4.52 Å². The summed E-state index contributed by atoms with van der Waals surface area (Å²) in [7, 11) is 0. The van der Waals surface area contributed by atoms with Gasteiger partial charge in [0.05, 0.1) is 5.56 Å². The largest absolute Gasteiger partial charge is 0.333 e. The van der Waals surface area contributed by atoms with Crippen LogP contribution in [0.4, 0.5) is 4.39 Å². The van der Waals surface area contributed by atoms with Crippen LogP contribution in [0, 0.1) is 5.82 Å². The normalized spacial score (nSPS) is 10.5. The van der Waals surface area contributed by atoms with Crippen LogP contribution < -0.4 is 0 Å². The Labute approximate surface area is 95.6 Å². The Balaban J connectivity index is 2.55. The summed E-state index contributed by atoms with van der Waals surface area (Å²) in [4.78, 5) is 3.86. The second-order valence-corrected chi connectivity index (χ2v) is 4.12. The maximum absolute atomic E-state index is 13.3. The van der Waals surface area contributed by atoms with Crippen molar-refractivity contribution in [2.75, 3.05) is 0 Å². The van der Waals surface area contributed by atoms with E-state index in [-0.39, 0.29) is 11.5 Å². The Morgan fingerprint density at radius 2 is 2.07 bits per heavy atom. The average molecular weight is 322 g/mol. The van der Waals surface area contributed by atoms with Crippen LogP contribution in [0.25, 0.3) is 11.5 Å². The molecule has 72 valence electrons. The first kappa shape index (κ1) is 9.79. The summed E-state index contributed by atoms with van der Waals surface area (Å²) in [6.45, 7) is 0. The number of hydrogen-bond acceptors (Lipinski definition) is 3. The Morgan fingerprint density at radius 3 is 2.71 bits per heavy atom. The molecule has 0 saturated heterocycles. The second-order valence-electron chi connectivity index (χ2n) is 2.49. The first-order valence-electron chi connectivity index (χ1n) is 3.61. The van der Waals surface area contributed by atoms with Gasteiger partial charge in [-0.15, -0.1) is 0 Å². The zero-order valence-corrected chi connectivity index (χ0v) is 9.84. The van der Waals surface area contributed by atoms with Crippen molar-refractivity contribution >= 4 is 31.9 Å². The number of halogens is 3. The maximum Gasteiger partial charge on any atom is 0.261 e. The number of benzene rings is 1. The van der Waals surface area contributed by atoms with E-state index >= 15 is 0 Å². The number of hydrogen-bond donors (Lipinski definition) is 0. The van der Waals surface area contributed by atoms with Crippen LogP contribution in [0.5, 0.6) is 0 Å². The average Bonchev–Trinajstić information content (AvgIpc) is 2.56. The van der Waals surface area contributed by atoms with Crippen LogP contribution in [-0.4, -0.2) is 10.1 Å². The van der Waals surface area contributed by atoms with Gasteiger partial charge in [0.25, 0.3) is 5.89 Å². The Morgan fingerprint density at radius 1 is 1.29 bits per heavy atom.